The molecule has 2 aromatic heterocycles. The first-order valence-corrected chi connectivity index (χ1v) is 5.84. The van der Waals surface area contributed by atoms with E-state index in [0.717, 1.165) is 12.1 Å². The van der Waals surface area contributed by atoms with Crippen LogP contribution in [-0.2, 0) is 11.0 Å². The zero-order valence-electron chi connectivity index (χ0n) is 10.6. The SMILES string of the molecule is C[C@@H](C(=O)Nc1ccc(C(F)(F)F)cn1)n1cccc1. The fourth-order valence-electron chi connectivity index (χ4n) is 1.61. The van der Waals surface area contributed by atoms with Crippen LogP contribution in [0.2, 0.25) is 0 Å². The smallest absolute Gasteiger partial charge is 0.342 e. The Kier molecular flexibility index (Phi) is 3.78. The summed E-state index contributed by atoms with van der Waals surface area (Å²) in [6, 6.07) is 5.08. The Morgan fingerprint density at radius 2 is 1.95 bits per heavy atom. The largest absolute Gasteiger partial charge is 0.417 e. The lowest BCUT2D eigenvalue weighted by atomic mass is 10.2. The molecular formula is C13H12F3N3O. The number of pyridine rings is 1. The van der Waals surface area contributed by atoms with E-state index in [1.807, 2.05) is 0 Å². The molecule has 0 fully saturated rings. The van der Waals surface area contributed by atoms with Crippen LogP contribution in [0.5, 0.6) is 0 Å². The highest BCUT2D eigenvalue weighted by Gasteiger charge is 2.30. The molecule has 0 spiro atoms. The average molecular weight is 283 g/mol. The second kappa shape index (κ2) is 5.36. The van der Waals surface area contributed by atoms with Crippen molar-refractivity contribution in [3.05, 3.63) is 48.4 Å². The van der Waals surface area contributed by atoms with Gasteiger partial charge in [0, 0.05) is 18.6 Å². The van der Waals surface area contributed by atoms with Crippen LogP contribution in [0.4, 0.5) is 19.0 Å². The van der Waals surface area contributed by atoms with Gasteiger partial charge in [0.2, 0.25) is 5.91 Å². The molecule has 2 heterocycles. The van der Waals surface area contributed by atoms with Gasteiger partial charge in [-0.1, -0.05) is 0 Å². The summed E-state index contributed by atoms with van der Waals surface area (Å²) in [6.07, 6.45) is -0.293. The van der Waals surface area contributed by atoms with Crippen LogP contribution in [0.25, 0.3) is 0 Å². The predicted octanol–water partition coefficient (Wildman–Crippen LogP) is 3.10. The minimum Gasteiger partial charge on any atom is -0.342 e. The number of hydrogen-bond acceptors (Lipinski definition) is 2. The van der Waals surface area contributed by atoms with Gasteiger partial charge in [0.05, 0.1) is 5.56 Å². The molecule has 0 saturated heterocycles. The highest BCUT2D eigenvalue weighted by molar-refractivity contribution is 5.92. The molecule has 0 bridgehead atoms. The molecule has 0 aliphatic heterocycles. The van der Waals surface area contributed by atoms with Gasteiger partial charge in [0.25, 0.3) is 0 Å². The summed E-state index contributed by atoms with van der Waals surface area (Å²) >= 11 is 0. The number of rotatable bonds is 3. The Labute approximate surface area is 113 Å². The van der Waals surface area contributed by atoms with Gasteiger partial charge in [-0.2, -0.15) is 13.2 Å². The quantitative estimate of drug-likeness (QED) is 0.940. The van der Waals surface area contributed by atoms with Crippen LogP contribution >= 0.6 is 0 Å². The van der Waals surface area contributed by atoms with E-state index in [0.29, 0.717) is 6.20 Å². The minimum absolute atomic E-state index is 0.0852. The van der Waals surface area contributed by atoms with Crippen LogP contribution < -0.4 is 5.32 Å². The maximum absolute atomic E-state index is 12.4. The van der Waals surface area contributed by atoms with Crippen LogP contribution in [0, 0.1) is 0 Å². The van der Waals surface area contributed by atoms with Crippen molar-refractivity contribution >= 4 is 11.7 Å². The summed E-state index contributed by atoms with van der Waals surface area (Å²) < 4.78 is 38.8. The highest BCUT2D eigenvalue weighted by atomic mass is 19.4. The van der Waals surface area contributed by atoms with Crippen LogP contribution in [0.15, 0.2) is 42.9 Å². The fourth-order valence-corrected chi connectivity index (χ4v) is 1.61. The van der Waals surface area contributed by atoms with Crippen molar-refractivity contribution in [2.45, 2.75) is 19.1 Å². The molecule has 2 rings (SSSR count). The van der Waals surface area contributed by atoms with Crippen molar-refractivity contribution in [2.75, 3.05) is 5.32 Å². The lowest BCUT2D eigenvalue weighted by molar-refractivity contribution is -0.137. The molecule has 0 unspecified atom stereocenters. The number of amides is 1. The van der Waals surface area contributed by atoms with Gasteiger partial charge in [-0.3, -0.25) is 4.79 Å². The number of hydrogen-bond donors (Lipinski definition) is 1. The summed E-state index contributed by atoms with van der Waals surface area (Å²) in [6.45, 7) is 1.68. The summed E-state index contributed by atoms with van der Waals surface area (Å²) in [5.74, 6) is -0.268. The zero-order valence-corrected chi connectivity index (χ0v) is 10.6. The van der Waals surface area contributed by atoms with E-state index < -0.39 is 17.8 Å². The maximum atomic E-state index is 12.4. The van der Waals surface area contributed by atoms with Gasteiger partial charge in [-0.15, -0.1) is 0 Å². The third-order valence-corrected chi connectivity index (χ3v) is 2.80. The Hall–Kier alpha value is -2.31. The number of carbonyl (C=O) groups is 1. The zero-order chi connectivity index (χ0) is 14.8. The number of nitrogens with zero attached hydrogens (tertiary/aromatic N) is 2. The van der Waals surface area contributed by atoms with Gasteiger partial charge in [0.1, 0.15) is 11.9 Å². The van der Waals surface area contributed by atoms with Crippen LogP contribution in [-0.4, -0.2) is 15.5 Å². The Balaban J connectivity index is 2.05. The molecule has 106 valence electrons. The second-order valence-electron chi connectivity index (χ2n) is 4.23. The van der Waals surface area contributed by atoms with Crippen molar-refractivity contribution in [1.82, 2.24) is 9.55 Å². The van der Waals surface area contributed by atoms with Crippen molar-refractivity contribution < 1.29 is 18.0 Å². The molecule has 2 aromatic rings. The summed E-state index contributed by atoms with van der Waals surface area (Å²) in [4.78, 5) is 15.5. The molecule has 0 aliphatic carbocycles. The maximum Gasteiger partial charge on any atom is 0.417 e. The van der Waals surface area contributed by atoms with Crippen molar-refractivity contribution in [3.63, 3.8) is 0 Å². The normalized spacial score (nSPS) is 13.0. The Bertz CT molecular complexity index is 576. The standard InChI is InChI=1S/C13H12F3N3O/c1-9(19-6-2-3-7-19)12(20)18-11-5-4-10(8-17-11)13(14,15)16/h2-9H,1H3,(H,17,18,20)/t9-/m0/s1. The molecule has 1 amide bonds. The van der Waals surface area contributed by atoms with Crippen molar-refractivity contribution in [1.29, 1.82) is 0 Å². The fraction of sp³-hybridized carbons (Fsp3) is 0.231. The molecule has 1 N–H and O–H groups in total. The molecule has 1 atom stereocenters. The molecule has 0 saturated carbocycles. The summed E-state index contributed by atoms with van der Waals surface area (Å²) in [5.41, 5.74) is -0.853. The van der Waals surface area contributed by atoms with Crippen molar-refractivity contribution in [2.24, 2.45) is 0 Å². The van der Waals surface area contributed by atoms with Gasteiger partial charge < -0.3 is 9.88 Å². The van der Waals surface area contributed by atoms with Crippen molar-refractivity contribution in [3.8, 4) is 0 Å². The first-order valence-electron chi connectivity index (χ1n) is 5.84. The number of aromatic nitrogens is 2. The molecular weight excluding hydrogens is 271 g/mol. The molecule has 0 aliphatic rings. The first kappa shape index (κ1) is 14.1. The Morgan fingerprint density at radius 1 is 1.30 bits per heavy atom. The topological polar surface area (TPSA) is 46.9 Å². The van der Waals surface area contributed by atoms with E-state index in [4.69, 9.17) is 0 Å². The highest BCUT2D eigenvalue weighted by Crippen LogP contribution is 2.28. The van der Waals surface area contributed by atoms with E-state index in [2.05, 4.69) is 10.3 Å². The van der Waals surface area contributed by atoms with Crippen LogP contribution in [0.1, 0.15) is 18.5 Å². The number of halogens is 3. The monoisotopic (exact) mass is 283 g/mol. The molecule has 4 nitrogen and oxygen atoms in total. The lowest BCUT2D eigenvalue weighted by Crippen LogP contribution is -2.23. The van der Waals surface area contributed by atoms with Gasteiger partial charge in [0.15, 0.2) is 0 Å². The van der Waals surface area contributed by atoms with Crippen LogP contribution in [0.3, 0.4) is 0 Å². The molecule has 20 heavy (non-hydrogen) atoms. The van der Waals surface area contributed by atoms with Gasteiger partial charge in [-0.05, 0) is 31.2 Å². The van der Waals surface area contributed by atoms with E-state index in [-0.39, 0.29) is 11.7 Å². The van der Waals surface area contributed by atoms with E-state index in [1.165, 1.54) is 0 Å². The average Bonchev–Trinajstić information content (AvgIpc) is 2.91. The third-order valence-electron chi connectivity index (χ3n) is 2.80. The molecule has 0 radical (unpaired) electrons. The first-order chi connectivity index (χ1) is 9.38. The third kappa shape index (κ3) is 3.17. The Morgan fingerprint density at radius 3 is 2.45 bits per heavy atom. The molecule has 0 aromatic carbocycles. The number of nitrogens with one attached hydrogen (secondary N) is 1. The molecule has 7 heteroatoms. The lowest BCUT2D eigenvalue weighted by Gasteiger charge is -2.13. The minimum atomic E-state index is -4.44. The van der Waals surface area contributed by atoms with E-state index in [9.17, 15) is 18.0 Å². The van der Waals surface area contributed by atoms with Gasteiger partial charge >= 0.3 is 6.18 Å². The van der Waals surface area contributed by atoms with E-state index in [1.54, 1.807) is 36.0 Å². The number of anilines is 1. The summed E-state index contributed by atoms with van der Waals surface area (Å²) in [5, 5.41) is 2.47. The predicted molar refractivity (Wildman–Crippen MR) is 67.0 cm³/mol. The number of alkyl halides is 3. The van der Waals surface area contributed by atoms with E-state index >= 15 is 0 Å². The second-order valence-corrected chi connectivity index (χ2v) is 4.23. The number of carbonyl (C=O) groups excluding carboxylic acids is 1. The summed E-state index contributed by atoms with van der Waals surface area (Å²) in [7, 11) is 0. The van der Waals surface area contributed by atoms with Gasteiger partial charge in [-0.25, -0.2) is 4.98 Å².